The van der Waals surface area contributed by atoms with Gasteiger partial charge >= 0.3 is 0 Å². The molecule has 0 aliphatic carbocycles. The lowest BCUT2D eigenvalue weighted by atomic mass is 9.88. The first-order valence-corrected chi connectivity index (χ1v) is 9.66. The van der Waals surface area contributed by atoms with Gasteiger partial charge in [-0.25, -0.2) is 4.99 Å². The van der Waals surface area contributed by atoms with Gasteiger partial charge in [-0.3, -0.25) is 4.79 Å². The second-order valence-electron chi connectivity index (χ2n) is 7.43. The standard InChI is InChI=1S/C22H25ClN2O.ClH/c1-22(2,25-15-7-4-8-16-25)20(17-9-5-3-6-10-17)24-21(26)18-11-13-19(23)14-12-18;/h3,5-6,9-14H,4,7-8,15-16H2,1-2H3;1H. The maximum Gasteiger partial charge on any atom is 0.277 e. The van der Waals surface area contributed by atoms with Gasteiger partial charge < -0.3 is 17.3 Å². The van der Waals surface area contributed by atoms with Gasteiger partial charge in [-0.2, -0.15) is 0 Å². The number of benzene rings is 2. The molecule has 0 atom stereocenters. The van der Waals surface area contributed by atoms with Crippen LogP contribution in [-0.4, -0.2) is 30.2 Å². The van der Waals surface area contributed by atoms with Crippen LogP contribution in [0.1, 0.15) is 49.0 Å². The van der Waals surface area contributed by atoms with Crippen molar-refractivity contribution < 1.29 is 22.1 Å². The average molecular weight is 405 g/mol. The summed E-state index contributed by atoms with van der Waals surface area (Å²) in [6, 6.07) is 17.0. The first kappa shape index (κ1) is 21.6. The normalized spacial score (nSPS) is 15.9. The molecular formula is C22H26Cl2N2O. The Balaban J connectivity index is 0.00000261. The van der Waals surface area contributed by atoms with Gasteiger partial charge in [0.05, 0.1) is 13.1 Å². The summed E-state index contributed by atoms with van der Waals surface area (Å²) < 4.78 is 0. The number of amides is 1. The van der Waals surface area contributed by atoms with E-state index in [1.54, 1.807) is 24.3 Å². The number of halogens is 2. The maximum absolute atomic E-state index is 12.8. The molecule has 27 heavy (non-hydrogen) atoms. The van der Waals surface area contributed by atoms with Crippen LogP contribution >= 0.6 is 11.6 Å². The van der Waals surface area contributed by atoms with Gasteiger partial charge in [-0.1, -0.05) is 41.9 Å². The molecule has 1 fully saturated rings. The van der Waals surface area contributed by atoms with Gasteiger partial charge in [0.15, 0.2) is 0 Å². The van der Waals surface area contributed by atoms with Crippen LogP contribution in [0.3, 0.4) is 0 Å². The second-order valence-corrected chi connectivity index (χ2v) is 7.86. The largest absolute Gasteiger partial charge is 1.00 e. The van der Waals surface area contributed by atoms with Crippen LogP contribution in [0.2, 0.25) is 5.02 Å². The molecule has 0 bridgehead atoms. The smallest absolute Gasteiger partial charge is 0.277 e. The third-order valence-electron chi connectivity index (χ3n) is 5.28. The van der Waals surface area contributed by atoms with E-state index in [4.69, 9.17) is 11.6 Å². The van der Waals surface area contributed by atoms with E-state index in [1.807, 2.05) is 30.3 Å². The Kier molecular flexibility index (Phi) is 7.60. The molecule has 5 heteroatoms. The zero-order valence-electron chi connectivity index (χ0n) is 15.8. The fourth-order valence-corrected chi connectivity index (χ4v) is 3.82. The average Bonchev–Trinajstić information content (AvgIpc) is 2.67. The topological polar surface area (TPSA) is 33.9 Å². The lowest BCUT2D eigenvalue weighted by molar-refractivity contribution is -0.941. The number of likely N-dealkylation sites (tertiary alicyclic amines) is 1. The van der Waals surface area contributed by atoms with Gasteiger partial charge in [0.1, 0.15) is 11.3 Å². The van der Waals surface area contributed by atoms with Crippen molar-refractivity contribution in [3.8, 4) is 0 Å². The molecule has 0 spiro atoms. The molecular weight excluding hydrogens is 379 g/mol. The lowest BCUT2D eigenvalue weighted by Gasteiger charge is -2.38. The Bertz CT molecular complexity index is 780. The SMILES string of the molecule is CC(C)(C(=NC(=O)c1ccc(Cl)cc1)c1ccccc1)[NH+]1CCCCC1.[Cl-]. The lowest BCUT2D eigenvalue weighted by Crippen LogP contribution is -3.21. The molecule has 1 heterocycles. The molecule has 0 unspecified atom stereocenters. The first-order valence-electron chi connectivity index (χ1n) is 9.28. The minimum absolute atomic E-state index is 0. The Morgan fingerprint density at radius 1 is 0.926 bits per heavy atom. The molecule has 1 amide bonds. The summed E-state index contributed by atoms with van der Waals surface area (Å²) in [5.74, 6) is -0.218. The van der Waals surface area contributed by atoms with Crippen LogP contribution in [0.4, 0.5) is 0 Å². The van der Waals surface area contributed by atoms with Crippen LogP contribution in [0.15, 0.2) is 59.6 Å². The Labute approximate surface area is 172 Å². The molecule has 2 aromatic rings. The van der Waals surface area contributed by atoms with E-state index in [-0.39, 0.29) is 23.9 Å². The number of piperidine rings is 1. The minimum atomic E-state index is -0.232. The molecule has 2 aromatic carbocycles. The summed E-state index contributed by atoms with van der Waals surface area (Å²) in [5, 5.41) is 0.618. The molecule has 1 saturated heterocycles. The summed E-state index contributed by atoms with van der Waals surface area (Å²) in [5.41, 5.74) is 2.20. The highest BCUT2D eigenvalue weighted by Crippen LogP contribution is 2.16. The first-order chi connectivity index (χ1) is 12.5. The molecule has 0 saturated carbocycles. The Morgan fingerprint density at radius 3 is 2.11 bits per heavy atom. The molecule has 1 aliphatic heterocycles. The van der Waals surface area contributed by atoms with E-state index >= 15 is 0 Å². The van der Waals surface area contributed by atoms with E-state index in [0.29, 0.717) is 10.6 Å². The minimum Gasteiger partial charge on any atom is -1.00 e. The molecule has 144 valence electrons. The highest BCUT2D eigenvalue weighted by molar-refractivity contribution is 6.30. The van der Waals surface area contributed by atoms with Crippen LogP contribution in [-0.2, 0) is 0 Å². The third-order valence-corrected chi connectivity index (χ3v) is 5.54. The quantitative estimate of drug-likeness (QED) is 0.752. The molecule has 3 nitrogen and oxygen atoms in total. The zero-order valence-corrected chi connectivity index (χ0v) is 17.4. The van der Waals surface area contributed by atoms with E-state index in [1.165, 1.54) is 24.2 Å². The van der Waals surface area contributed by atoms with Crippen LogP contribution < -0.4 is 17.3 Å². The second kappa shape index (κ2) is 9.50. The van der Waals surface area contributed by atoms with Gasteiger partial charge in [0, 0.05) is 16.1 Å². The van der Waals surface area contributed by atoms with Crippen LogP contribution in [0.25, 0.3) is 0 Å². The van der Waals surface area contributed by atoms with Crippen molar-refractivity contribution in [2.45, 2.75) is 38.6 Å². The molecule has 0 aromatic heterocycles. The maximum atomic E-state index is 12.8. The predicted molar refractivity (Wildman–Crippen MR) is 107 cm³/mol. The number of carbonyl (C=O) groups is 1. The monoisotopic (exact) mass is 404 g/mol. The van der Waals surface area contributed by atoms with E-state index in [9.17, 15) is 4.79 Å². The van der Waals surface area contributed by atoms with Crippen LogP contribution in [0, 0.1) is 0 Å². The number of nitrogens with one attached hydrogen (secondary N) is 1. The van der Waals surface area contributed by atoms with Gasteiger partial charge in [-0.05, 0) is 57.4 Å². The highest BCUT2D eigenvalue weighted by Gasteiger charge is 2.38. The fraction of sp³-hybridized carbons (Fsp3) is 0.364. The Morgan fingerprint density at radius 2 is 1.52 bits per heavy atom. The van der Waals surface area contributed by atoms with Crippen LogP contribution in [0.5, 0.6) is 0 Å². The number of nitrogens with zero attached hydrogens (tertiary/aromatic N) is 1. The summed E-state index contributed by atoms with van der Waals surface area (Å²) in [4.78, 5) is 18.9. The van der Waals surface area contributed by atoms with Crippen molar-refractivity contribution >= 4 is 23.2 Å². The zero-order chi connectivity index (χ0) is 18.6. The van der Waals surface area contributed by atoms with E-state index in [0.717, 1.165) is 24.4 Å². The summed E-state index contributed by atoms with van der Waals surface area (Å²) in [6.07, 6.45) is 3.75. The number of rotatable bonds is 4. The predicted octanol–water partition coefficient (Wildman–Crippen LogP) is 0.821. The molecule has 3 rings (SSSR count). The summed E-state index contributed by atoms with van der Waals surface area (Å²) >= 11 is 5.94. The van der Waals surface area contributed by atoms with Gasteiger partial charge in [0.25, 0.3) is 5.91 Å². The number of hydrogen-bond acceptors (Lipinski definition) is 1. The number of hydrogen-bond donors (Lipinski definition) is 1. The van der Waals surface area contributed by atoms with E-state index < -0.39 is 0 Å². The van der Waals surface area contributed by atoms with Gasteiger partial charge in [-0.15, -0.1) is 0 Å². The third kappa shape index (κ3) is 5.19. The van der Waals surface area contributed by atoms with E-state index in [2.05, 4.69) is 18.8 Å². The highest BCUT2D eigenvalue weighted by atomic mass is 35.5. The van der Waals surface area contributed by atoms with Crippen molar-refractivity contribution in [3.63, 3.8) is 0 Å². The molecule has 0 radical (unpaired) electrons. The van der Waals surface area contributed by atoms with Crippen molar-refractivity contribution in [3.05, 3.63) is 70.7 Å². The van der Waals surface area contributed by atoms with Crippen molar-refractivity contribution in [2.75, 3.05) is 13.1 Å². The number of carbonyl (C=O) groups excluding carboxylic acids is 1. The van der Waals surface area contributed by atoms with Crippen molar-refractivity contribution in [1.29, 1.82) is 0 Å². The molecule has 1 N–H and O–H groups in total. The fourth-order valence-electron chi connectivity index (χ4n) is 3.69. The Hall–Kier alpha value is -1.68. The molecule has 1 aliphatic rings. The van der Waals surface area contributed by atoms with Gasteiger partial charge in [0.2, 0.25) is 0 Å². The summed E-state index contributed by atoms with van der Waals surface area (Å²) in [7, 11) is 0. The summed E-state index contributed by atoms with van der Waals surface area (Å²) in [6.45, 7) is 6.64. The van der Waals surface area contributed by atoms with Crippen molar-refractivity contribution in [1.82, 2.24) is 0 Å². The van der Waals surface area contributed by atoms with Crippen molar-refractivity contribution in [2.24, 2.45) is 4.99 Å². The number of aliphatic imine (C=N–C) groups is 1. The number of quaternary nitrogens is 1.